The molecule has 4 nitrogen and oxygen atoms in total. The second-order valence-corrected chi connectivity index (χ2v) is 10.1. The molecule has 0 spiro atoms. The van der Waals surface area contributed by atoms with Gasteiger partial charge in [-0.15, -0.1) is 0 Å². The predicted molar refractivity (Wildman–Crippen MR) is 140 cm³/mol. The van der Waals surface area contributed by atoms with Crippen LogP contribution in [0.2, 0.25) is 0 Å². The molecular weight excluding hydrogens is 423 g/mol. The van der Waals surface area contributed by atoms with Gasteiger partial charge in [0.2, 0.25) is 0 Å². The second kappa shape index (κ2) is 9.83. The molecule has 0 aromatic heterocycles. The molecule has 5 heteroatoms. The maximum absolute atomic E-state index is 13.8. The Balaban J connectivity index is 1.46. The Labute approximate surface area is 203 Å². The van der Waals surface area contributed by atoms with Gasteiger partial charge in [-0.1, -0.05) is 31.1 Å². The molecule has 0 saturated heterocycles. The first-order valence-corrected chi connectivity index (χ1v) is 12.8. The lowest BCUT2D eigenvalue weighted by Crippen LogP contribution is -2.36. The van der Waals surface area contributed by atoms with Crippen LogP contribution in [-0.2, 0) is 0 Å². The number of fused-ring (bicyclic) bond motifs is 1. The Morgan fingerprint density at radius 2 is 1.94 bits per heavy atom. The van der Waals surface area contributed by atoms with E-state index in [1.165, 1.54) is 42.4 Å². The summed E-state index contributed by atoms with van der Waals surface area (Å²) in [5.41, 5.74) is 14.9. The molecule has 180 valence electrons. The third kappa shape index (κ3) is 4.72. The van der Waals surface area contributed by atoms with Gasteiger partial charge >= 0.3 is 0 Å². The van der Waals surface area contributed by atoms with Crippen LogP contribution >= 0.6 is 0 Å². The summed E-state index contributed by atoms with van der Waals surface area (Å²) in [7, 11) is 0. The number of rotatable bonds is 4. The zero-order valence-corrected chi connectivity index (χ0v) is 20.5. The average molecular weight is 461 g/mol. The van der Waals surface area contributed by atoms with Crippen LogP contribution in [0, 0.1) is 12.7 Å². The summed E-state index contributed by atoms with van der Waals surface area (Å²) in [4.78, 5) is 2.67. The molecule has 1 unspecified atom stereocenters. The molecule has 0 amide bonds. The molecule has 1 fully saturated rings. The first kappa shape index (κ1) is 23.0. The van der Waals surface area contributed by atoms with E-state index in [1.807, 2.05) is 26.0 Å². The minimum absolute atomic E-state index is 0.114. The lowest BCUT2D eigenvalue weighted by atomic mass is 9.90. The topological polar surface area (TPSA) is 53.3 Å². The summed E-state index contributed by atoms with van der Waals surface area (Å²) < 4.78 is 13.8. The SMILES string of the molecule is C/C(N)=C1/NCCC(Nc2ccc(F)c(C)c2)c2cc(C3=CCN(C4CCCC4)CC3)ccc21. The number of hydrogen-bond acceptors (Lipinski definition) is 4. The van der Waals surface area contributed by atoms with Gasteiger partial charge in [-0.3, -0.25) is 4.90 Å². The normalized spacial score (nSPS) is 23.0. The molecule has 34 heavy (non-hydrogen) atoms. The number of halogens is 1. The summed E-state index contributed by atoms with van der Waals surface area (Å²) >= 11 is 0. The van der Waals surface area contributed by atoms with Crippen LogP contribution in [0.15, 0.2) is 48.2 Å². The van der Waals surface area contributed by atoms with E-state index in [1.54, 1.807) is 6.07 Å². The van der Waals surface area contributed by atoms with Crippen molar-refractivity contribution in [3.05, 3.63) is 76.2 Å². The maximum Gasteiger partial charge on any atom is 0.126 e. The van der Waals surface area contributed by atoms with Gasteiger partial charge in [0, 0.05) is 42.6 Å². The number of hydrogen-bond donors (Lipinski definition) is 3. The summed E-state index contributed by atoms with van der Waals surface area (Å²) in [6, 6.07) is 13.0. The molecule has 2 aromatic carbocycles. The van der Waals surface area contributed by atoms with Gasteiger partial charge < -0.3 is 16.4 Å². The highest BCUT2D eigenvalue weighted by atomic mass is 19.1. The largest absolute Gasteiger partial charge is 0.401 e. The van der Waals surface area contributed by atoms with Crippen molar-refractivity contribution in [1.29, 1.82) is 0 Å². The van der Waals surface area contributed by atoms with E-state index in [0.717, 1.165) is 61.2 Å². The first-order valence-electron chi connectivity index (χ1n) is 12.8. The van der Waals surface area contributed by atoms with Gasteiger partial charge in [-0.2, -0.15) is 0 Å². The fourth-order valence-corrected chi connectivity index (χ4v) is 5.86. The van der Waals surface area contributed by atoms with Crippen LogP contribution in [0.25, 0.3) is 11.3 Å². The molecule has 2 aromatic rings. The van der Waals surface area contributed by atoms with Gasteiger partial charge in [0.1, 0.15) is 5.82 Å². The molecule has 2 aliphatic heterocycles. The van der Waals surface area contributed by atoms with Crippen molar-refractivity contribution in [1.82, 2.24) is 10.2 Å². The summed E-state index contributed by atoms with van der Waals surface area (Å²) in [6.07, 6.45) is 9.94. The molecule has 1 aliphatic carbocycles. The van der Waals surface area contributed by atoms with Crippen molar-refractivity contribution in [2.24, 2.45) is 5.73 Å². The number of allylic oxidation sites excluding steroid dienone is 1. The smallest absolute Gasteiger partial charge is 0.126 e. The van der Waals surface area contributed by atoms with Gasteiger partial charge in [-0.05, 0) is 86.1 Å². The number of nitrogens with zero attached hydrogens (tertiary/aromatic N) is 1. The Hall–Kier alpha value is -2.79. The fraction of sp³-hybridized carbons (Fsp3) is 0.448. The molecule has 2 heterocycles. The van der Waals surface area contributed by atoms with E-state index in [0.29, 0.717) is 5.56 Å². The van der Waals surface area contributed by atoms with Crippen LogP contribution in [-0.4, -0.2) is 30.6 Å². The predicted octanol–water partition coefficient (Wildman–Crippen LogP) is 5.96. The molecule has 5 rings (SSSR count). The molecule has 4 N–H and O–H groups in total. The molecule has 0 radical (unpaired) electrons. The zero-order chi connectivity index (χ0) is 23.7. The van der Waals surface area contributed by atoms with Crippen molar-refractivity contribution in [3.63, 3.8) is 0 Å². The van der Waals surface area contributed by atoms with Crippen LogP contribution in [0.1, 0.15) is 73.7 Å². The lowest BCUT2D eigenvalue weighted by molar-refractivity contribution is 0.219. The Morgan fingerprint density at radius 3 is 2.65 bits per heavy atom. The van der Waals surface area contributed by atoms with E-state index in [4.69, 9.17) is 5.73 Å². The van der Waals surface area contributed by atoms with Crippen LogP contribution in [0.5, 0.6) is 0 Å². The van der Waals surface area contributed by atoms with Gasteiger partial charge in [0.05, 0.1) is 11.7 Å². The molecular formula is C29H37FN4. The second-order valence-electron chi connectivity index (χ2n) is 10.1. The highest BCUT2D eigenvalue weighted by Gasteiger charge is 2.26. The van der Waals surface area contributed by atoms with Crippen molar-refractivity contribution in [2.45, 2.75) is 64.5 Å². The van der Waals surface area contributed by atoms with Gasteiger partial charge in [-0.25, -0.2) is 4.39 Å². The molecule has 1 atom stereocenters. The number of nitrogens with one attached hydrogen (secondary N) is 2. The third-order valence-electron chi connectivity index (χ3n) is 7.78. The highest BCUT2D eigenvalue weighted by molar-refractivity contribution is 5.75. The number of anilines is 1. The number of aryl methyl sites for hydroxylation is 1. The van der Waals surface area contributed by atoms with E-state index >= 15 is 0 Å². The Morgan fingerprint density at radius 1 is 1.12 bits per heavy atom. The van der Waals surface area contributed by atoms with Crippen molar-refractivity contribution in [3.8, 4) is 0 Å². The molecule has 3 aliphatic rings. The Kier molecular flexibility index (Phi) is 6.64. The van der Waals surface area contributed by atoms with Crippen molar-refractivity contribution in [2.75, 3.05) is 25.0 Å². The van der Waals surface area contributed by atoms with E-state index in [2.05, 4.69) is 39.8 Å². The lowest BCUT2D eigenvalue weighted by Gasteiger charge is -2.32. The third-order valence-corrected chi connectivity index (χ3v) is 7.78. The maximum atomic E-state index is 13.8. The molecule has 1 saturated carbocycles. The summed E-state index contributed by atoms with van der Waals surface area (Å²) in [5.74, 6) is -0.171. The standard InChI is InChI=1S/C29H37FN4/c1-19-17-23(8-10-27(19)30)33-28-11-14-32-29(20(2)31)25-9-7-22(18-26(25)28)21-12-15-34(16-13-21)24-5-3-4-6-24/h7-10,12,17-18,24,28,32-33H,3-6,11,13-16,31H2,1-2H3/b29-20-. The Bertz CT molecular complexity index is 1110. The quantitative estimate of drug-likeness (QED) is 0.527. The highest BCUT2D eigenvalue weighted by Crippen LogP contribution is 2.36. The van der Waals surface area contributed by atoms with Crippen LogP contribution < -0.4 is 16.4 Å². The zero-order valence-electron chi connectivity index (χ0n) is 20.5. The first-order chi connectivity index (χ1) is 16.5. The van der Waals surface area contributed by atoms with Crippen molar-refractivity contribution >= 4 is 17.0 Å². The van der Waals surface area contributed by atoms with E-state index in [-0.39, 0.29) is 11.9 Å². The van der Waals surface area contributed by atoms with Gasteiger partial charge in [0.15, 0.2) is 0 Å². The summed E-state index contributed by atoms with van der Waals surface area (Å²) in [5, 5.41) is 7.22. The van der Waals surface area contributed by atoms with Gasteiger partial charge in [0.25, 0.3) is 0 Å². The van der Waals surface area contributed by atoms with E-state index in [9.17, 15) is 4.39 Å². The minimum atomic E-state index is -0.171. The number of benzene rings is 2. The molecule has 0 bridgehead atoms. The number of nitrogens with two attached hydrogens (primary N) is 1. The monoisotopic (exact) mass is 460 g/mol. The van der Waals surface area contributed by atoms with E-state index < -0.39 is 0 Å². The summed E-state index contributed by atoms with van der Waals surface area (Å²) in [6.45, 7) is 6.80. The van der Waals surface area contributed by atoms with Crippen LogP contribution in [0.3, 0.4) is 0 Å². The van der Waals surface area contributed by atoms with Crippen LogP contribution in [0.4, 0.5) is 10.1 Å². The van der Waals surface area contributed by atoms with Crippen molar-refractivity contribution < 1.29 is 4.39 Å². The fourth-order valence-electron chi connectivity index (χ4n) is 5.86. The minimum Gasteiger partial charge on any atom is -0.401 e. The average Bonchev–Trinajstić information content (AvgIpc) is 3.32.